The van der Waals surface area contributed by atoms with Crippen molar-refractivity contribution in [3.63, 3.8) is 0 Å². The molecule has 0 bridgehead atoms. The van der Waals surface area contributed by atoms with Gasteiger partial charge in [0.05, 0.1) is 5.02 Å². The third-order valence-corrected chi connectivity index (χ3v) is 5.85. The van der Waals surface area contributed by atoms with Crippen LogP contribution in [0, 0.1) is 6.92 Å². The number of hydrogen-bond donors (Lipinski definition) is 0. The largest absolute Gasteiger partial charge is 0.473 e. The number of halogens is 1. The van der Waals surface area contributed by atoms with E-state index in [9.17, 15) is 4.79 Å². The standard InChI is InChI=1S/C25H29ClN2O4/c1-16-14-19-20(26)9-8-18(23(19)31-16)15-30-22-7-5-6-21(27-22)17-10-12-28(13-11-17)24(29)32-25(2,3)4/h5-9,14,17H,10-13,15H2,1-4H3. The van der Waals surface area contributed by atoms with Gasteiger partial charge < -0.3 is 18.8 Å². The number of aryl methyl sites for hydroxylation is 1. The van der Waals surface area contributed by atoms with E-state index in [4.69, 9.17) is 30.5 Å². The summed E-state index contributed by atoms with van der Waals surface area (Å²) in [4.78, 5) is 18.8. The van der Waals surface area contributed by atoms with E-state index in [0.29, 0.717) is 30.6 Å². The van der Waals surface area contributed by atoms with Gasteiger partial charge in [-0.15, -0.1) is 0 Å². The number of carbonyl (C=O) groups excluding carboxylic acids is 1. The fourth-order valence-corrected chi connectivity index (χ4v) is 4.16. The number of furan rings is 1. The van der Waals surface area contributed by atoms with E-state index in [2.05, 4.69) is 0 Å². The van der Waals surface area contributed by atoms with Gasteiger partial charge in [0.1, 0.15) is 23.6 Å². The maximum atomic E-state index is 12.3. The fraction of sp³-hybridized carbons (Fsp3) is 0.440. The lowest BCUT2D eigenvalue weighted by molar-refractivity contribution is 0.0204. The van der Waals surface area contributed by atoms with Crippen molar-refractivity contribution in [1.29, 1.82) is 0 Å². The van der Waals surface area contributed by atoms with Crippen LogP contribution in [-0.4, -0.2) is 34.7 Å². The van der Waals surface area contributed by atoms with Crippen molar-refractivity contribution in [2.75, 3.05) is 13.1 Å². The predicted octanol–water partition coefficient (Wildman–Crippen LogP) is 6.48. The molecule has 1 aromatic carbocycles. The molecule has 0 radical (unpaired) electrons. The monoisotopic (exact) mass is 456 g/mol. The molecule has 6 nitrogen and oxygen atoms in total. The third-order valence-electron chi connectivity index (χ3n) is 5.52. The van der Waals surface area contributed by atoms with Crippen molar-refractivity contribution in [3.8, 4) is 5.88 Å². The highest BCUT2D eigenvalue weighted by atomic mass is 35.5. The molecule has 3 heterocycles. The van der Waals surface area contributed by atoms with Crippen LogP contribution in [0.2, 0.25) is 5.02 Å². The number of pyridine rings is 1. The molecule has 1 aliphatic rings. The molecule has 0 spiro atoms. The molecule has 1 aliphatic heterocycles. The zero-order chi connectivity index (χ0) is 22.9. The second-order valence-corrected chi connectivity index (χ2v) is 9.64. The van der Waals surface area contributed by atoms with E-state index < -0.39 is 5.60 Å². The van der Waals surface area contributed by atoms with Crippen LogP contribution >= 0.6 is 11.6 Å². The van der Waals surface area contributed by atoms with Crippen LogP contribution < -0.4 is 4.74 Å². The Bertz CT molecular complexity index is 1110. The van der Waals surface area contributed by atoms with Gasteiger partial charge in [-0.05, 0) is 58.7 Å². The maximum absolute atomic E-state index is 12.3. The minimum atomic E-state index is -0.481. The summed E-state index contributed by atoms with van der Waals surface area (Å²) in [5.74, 6) is 1.67. The van der Waals surface area contributed by atoms with Gasteiger partial charge in [0.15, 0.2) is 0 Å². The van der Waals surface area contributed by atoms with Gasteiger partial charge in [0.25, 0.3) is 0 Å². The van der Waals surface area contributed by atoms with E-state index >= 15 is 0 Å². The summed E-state index contributed by atoms with van der Waals surface area (Å²) < 4.78 is 17.3. The van der Waals surface area contributed by atoms with Crippen molar-refractivity contribution in [3.05, 3.63) is 58.4 Å². The highest BCUT2D eigenvalue weighted by Gasteiger charge is 2.28. The topological polar surface area (TPSA) is 64.8 Å². The summed E-state index contributed by atoms with van der Waals surface area (Å²) in [6, 6.07) is 11.6. The Balaban J connectivity index is 1.39. The van der Waals surface area contributed by atoms with Gasteiger partial charge in [-0.3, -0.25) is 0 Å². The minimum Gasteiger partial charge on any atom is -0.473 e. The molecule has 170 valence electrons. The Labute approximate surface area is 193 Å². The molecular weight excluding hydrogens is 428 g/mol. The van der Waals surface area contributed by atoms with E-state index in [1.165, 1.54) is 0 Å². The van der Waals surface area contributed by atoms with Gasteiger partial charge in [0.2, 0.25) is 5.88 Å². The molecule has 7 heteroatoms. The van der Waals surface area contributed by atoms with E-state index in [1.54, 1.807) is 4.90 Å². The quantitative estimate of drug-likeness (QED) is 0.449. The highest BCUT2D eigenvalue weighted by Crippen LogP contribution is 2.31. The molecule has 0 atom stereocenters. The van der Waals surface area contributed by atoms with Crippen molar-refractivity contribution < 1.29 is 18.7 Å². The van der Waals surface area contributed by atoms with Gasteiger partial charge in [-0.25, -0.2) is 9.78 Å². The van der Waals surface area contributed by atoms with Gasteiger partial charge in [0, 0.05) is 41.7 Å². The number of rotatable bonds is 4. The van der Waals surface area contributed by atoms with Crippen LogP contribution in [0.1, 0.15) is 56.5 Å². The first kappa shape index (κ1) is 22.5. The van der Waals surface area contributed by atoms with Gasteiger partial charge in [-0.2, -0.15) is 0 Å². The minimum absolute atomic E-state index is 0.247. The summed E-state index contributed by atoms with van der Waals surface area (Å²) >= 11 is 6.28. The van der Waals surface area contributed by atoms with Crippen LogP contribution in [0.5, 0.6) is 5.88 Å². The Hall–Kier alpha value is -2.73. The summed E-state index contributed by atoms with van der Waals surface area (Å²) in [6.07, 6.45) is 1.45. The Morgan fingerprint density at radius 3 is 2.69 bits per heavy atom. The van der Waals surface area contributed by atoms with E-state index in [-0.39, 0.29) is 12.0 Å². The first-order valence-electron chi connectivity index (χ1n) is 10.9. The number of fused-ring (bicyclic) bond motifs is 1. The molecule has 1 saturated heterocycles. The average molecular weight is 457 g/mol. The lowest BCUT2D eigenvalue weighted by Crippen LogP contribution is -2.41. The first-order chi connectivity index (χ1) is 15.2. The van der Waals surface area contributed by atoms with Gasteiger partial charge >= 0.3 is 6.09 Å². The summed E-state index contributed by atoms with van der Waals surface area (Å²) in [7, 11) is 0. The van der Waals surface area contributed by atoms with Crippen molar-refractivity contribution >= 4 is 28.7 Å². The number of aromatic nitrogens is 1. The predicted molar refractivity (Wildman–Crippen MR) is 124 cm³/mol. The van der Waals surface area contributed by atoms with Crippen molar-refractivity contribution in [1.82, 2.24) is 9.88 Å². The van der Waals surface area contributed by atoms with Crippen molar-refractivity contribution in [2.45, 2.75) is 58.7 Å². The zero-order valence-corrected chi connectivity index (χ0v) is 19.7. The average Bonchev–Trinajstić information content (AvgIpc) is 3.15. The SMILES string of the molecule is Cc1cc2c(Cl)ccc(COc3cccc(C4CCN(C(=O)OC(C)(C)C)CC4)n3)c2o1. The zero-order valence-electron chi connectivity index (χ0n) is 19.0. The second-order valence-electron chi connectivity index (χ2n) is 9.24. The van der Waals surface area contributed by atoms with Crippen LogP contribution in [-0.2, 0) is 11.3 Å². The first-order valence-corrected chi connectivity index (χ1v) is 11.3. The summed E-state index contributed by atoms with van der Waals surface area (Å²) in [5, 5.41) is 1.56. The number of benzene rings is 1. The molecule has 1 amide bonds. The van der Waals surface area contributed by atoms with Crippen molar-refractivity contribution in [2.24, 2.45) is 0 Å². The number of nitrogens with zero attached hydrogens (tertiary/aromatic N) is 2. The third kappa shape index (κ3) is 5.18. The Morgan fingerprint density at radius 1 is 1.22 bits per heavy atom. The molecule has 32 heavy (non-hydrogen) atoms. The summed E-state index contributed by atoms with van der Waals surface area (Å²) in [6.45, 7) is 9.22. The molecular formula is C25H29ClN2O4. The lowest BCUT2D eigenvalue weighted by atomic mass is 9.93. The van der Waals surface area contributed by atoms with E-state index in [1.807, 2.05) is 64.1 Å². The number of piperidine rings is 1. The number of carbonyl (C=O) groups is 1. The highest BCUT2D eigenvalue weighted by molar-refractivity contribution is 6.35. The van der Waals surface area contributed by atoms with Crippen LogP contribution in [0.3, 0.4) is 0 Å². The molecule has 0 unspecified atom stereocenters. The van der Waals surface area contributed by atoms with Crippen LogP contribution in [0.4, 0.5) is 4.79 Å². The van der Waals surface area contributed by atoms with Crippen LogP contribution in [0.15, 0.2) is 40.8 Å². The normalized spacial score (nSPS) is 15.2. The number of amides is 1. The number of ether oxygens (including phenoxy) is 2. The fourth-order valence-electron chi connectivity index (χ4n) is 3.96. The smallest absolute Gasteiger partial charge is 0.410 e. The Morgan fingerprint density at radius 2 is 1.97 bits per heavy atom. The molecule has 0 saturated carbocycles. The Kier molecular flexibility index (Phi) is 6.33. The molecule has 1 fully saturated rings. The number of hydrogen-bond acceptors (Lipinski definition) is 5. The maximum Gasteiger partial charge on any atom is 0.410 e. The van der Waals surface area contributed by atoms with Gasteiger partial charge in [-0.1, -0.05) is 23.7 Å². The molecule has 3 aromatic rings. The van der Waals surface area contributed by atoms with E-state index in [0.717, 1.165) is 40.8 Å². The molecule has 4 rings (SSSR count). The molecule has 0 aliphatic carbocycles. The lowest BCUT2D eigenvalue weighted by Gasteiger charge is -2.33. The number of likely N-dealkylation sites (tertiary alicyclic amines) is 1. The molecule has 0 N–H and O–H groups in total. The van der Waals surface area contributed by atoms with Crippen LogP contribution in [0.25, 0.3) is 11.0 Å². The molecule has 2 aromatic heterocycles. The second kappa shape index (κ2) is 9.02. The summed E-state index contributed by atoms with van der Waals surface area (Å²) in [5.41, 5.74) is 2.18.